The van der Waals surface area contributed by atoms with Crippen LogP contribution in [0.3, 0.4) is 0 Å². The molecule has 0 aliphatic carbocycles. The maximum Gasteiger partial charge on any atom is 0.231 e. The molecule has 2 heterocycles. The number of hydrogen-bond donors (Lipinski definition) is 1. The Hall–Kier alpha value is -2.73. The van der Waals surface area contributed by atoms with E-state index in [1.807, 2.05) is 13.1 Å². The van der Waals surface area contributed by atoms with Crippen LogP contribution in [0.15, 0.2) is 47.5 Å². The van der Waals surface area contributed by atoms with Crippen molar-refractivity contribution in [3.05, 3.63) is 59.2 Å². The van der Waals surface area contributed by atoms with Crippen LogP contribution in [0.4, 0.5) is 0 Å². The summed E-state index contributed by atoms with van der Waals surface area (Å²) in [6.07, 6.45) is 1.91. The number of nitrogens with zero attached hydrogens (tertiary/aromatic N) is 2. The summed E-state index contributed by atoms with van der Waals surface area (Å²) in [4.78, 5) is 6.71. The molecule has 1 fully saturated rings. The van der Waals surface area contributed by atoms with E-state index in [-0.39, 0.29) is 5.41 Å². The van der Waals surface area contributed by atoms with Crippen LogP contribution >= 0.6 is 0 Å². The Morgan fingerprint density at radius 3 is 2.63 bits per heavy atom. The lowest BCUT2D eigenvalue weighted by molar-refractivity contribution is 0.0511. The van der Waals surface area contributed by atoms with E-state index in [0.717, 1.165) is 56.6 Å². The summed E-state index contributed by atoms with van der Waals surface area (Å²) in [5.74, 6) is 2.55. The van der Waals surface area contributed by atoms with Crippen molar-refractivity contribution < 1.29 is 14.2 Å². The molecule has 2 aromatic rings. The summed E-state index contributed by atoms with van der Waals surface area (Å²) in [7, 11) is 3.92. The Balaban J connectivity index is 1.50. The van der Waals surface area contributed by atoms with Gasteiger partial charge in [-0.1, -0.05) is 30.3 Å². The third-order valence-corrected chi connectivity index (χ3v) is 6.26. The molecular formula is C24H31N3O3. The average Bonchev–Trinajstić information content (AvgIpc) is 3.24. The van der Waals surface area contributed by atoms with Gasteiger partial charge in [-0.3, -0.25) is 4.99 Å². The van der Waals surface area contributed by atoms with Crippen LogP contribution < -0.4 is 14.8 Å². The molecule has 1 saturated heterocycles. The largest absolute Gasteiger partial charge is 0.454 e. The molecule has 0 atom stereocenters. The van der Waals surface area contributed by atoms with Crippen molar-refractivity contribution in [1.29, 1.82) is 0 Å². The summed E-state index contributed by atoms with van der Waals surface area (Å²) < 4.78 is 16.8. The van der Waals surface area contributed by atoms with Gasteiger partial charge in [0.05, 0.1) is 0 Å². The molecule has 1 N–H and O–H groups in total. The van der Waals surface area contributed by atoms with Crippen LogP contribution in [-0.4, -0.2) is 51.5 Å². The second-order valence-corrected chi connectivity index (χ2v) is 8.14. The van der Waals surface area contributed by atoms with Crippen molar-refractivity contribution in [3.8, 4) is 11.5 Å². The predicted octanol–water partition coefficient (Wildman–Crippen LogP) is 3.48. The first-order chi connectivity index (χ1) is 14.6. The summed E-state index contributed by atoms with van der Waals surface area (Å²) in [5, 5.41) is 3.63. The number of fused-ring (bicyclic) bond motifs is 1. The molecule has 30 heavy (non-hydrogen) atoms. The molecule has 0 unspecified atom stereocenters. The van der Waals surface area contributed by atoms with E-state index < -0.39 is 0 Å². The first-order valence-electron chi connectivity index (χ1n) is 10.6. The van der Waals surface area contributed by atoms with Gasteiger partial charge >= 0.3 is 0 Å². The smallest absolute Gasteiger partial charge is 0.231 e. The molecule has 6 nitrogen and oxygen atoms in total. The van der Waals surface area contributed by atoms with Crippen LogP contribution in [0.2, 0.25) is 0 Å². The van der Waals surface area contributed by atoms with Crippen LogP contribution in [0.1, 0.15) is 29.5 Å². The fourth-order valence-corrected chi connectivity index (χ4v) is 4.31. The highest BCUT2D eigenvalue weighted by Gasteiger charge is 2.36. The minimum absolute atomic E-state index is 0.0291. The predicted molar refractivity (Wildman–Crippen MR) is 118 cm³/mol. The van der Waals surface area contributed by atoms with E-state index >= 15 is 0 Å². The zero-order chi connectivity index (χ0) is 21.0. The standard InChI is InChI=1S/C24H31N3O3/c1-18-6-4-5-7-19(18)15-27(3)23(25-2)26-16-24(10-12-28-13-11-24)20-8-9-21-22(14-20)30-17-29-21/h4-9,14H,10-13,15-17H2,1-3H3,(H,25,26). The van der Waals surface area contributed by atoms with Crippen molar-refractivity contribution >= 4 is 5.96 Å². The van der Waals surface area contributed by atoms with Gasteiger partial charge in [0.15, 0.2) is 17.5 Å². The third-order valence-electron chi connectivity index (χ3n) is 6.26. The SMILES string of the molecule is CN=C(NCC1(c2ccc3c(c2)OCO3)CCOCC1)N(C)Cc1ccccc1C. The summed E-state index contributed by atoms with van der Waals surface area (Å²) in [6.45, 7) is 5.56. The molecule has 2 aliphatic heterocycles. The van der Waals surface area contributed by atoms with Crippen molar-refractivity contribution in [2.24, 2.45) is 4.99 Å². The van der Waals surface area contributed by atoms with E-state index in [2.05, 4.69) is 65.6 Å². The summed E-state index contributed by atoms with van der Waals surface area (Å²) in [5.41, 5.74) is 3.83. The number of rotatable bonds is 5. The molecule has 4 rings (SSSR count). The Morgan fingerprint density at radius 2 is 1.87 bits per heavy atom. The molecule has 0 spiro atoms. The number of hydrogen-bond acceptors (Lipinski definition) is 4. The quantitative estimate of drug-likeness (QED) is 0.605. The minimum atomic E-state index is -0.0291. The molecule has 0 aromatic heterocycles. The lowest BCUT2D eigenvalue weighted by Crippen LogP contribution is -2.48. The Kier molecular flexibility index (Phi) is 6.13. The first kappa shape index (κ1) is 20.5. The normalized spacial score (nSPS) is 17.6. The molecule has 0 amide bonds. The van der Waals surface area contributed by atoms with Crippen molar-refractivity contribution in [1.82, 2.24) is 10.2 Å². The van der Waals surface area contributed by atoms with E-state index in [0.29, 0.717) is 6.79 Å². The van der Waals surface area contributed by atoms with E-state index in [1.54, 1.807) is 0 Å². The highest BCUT2D eigenvalue weighted by atomic mass is 16.7. The summed E-state index contributed by atoms with van der Waals surface area (Å²) in [6, 6.07) is 14.8. The second-order valence-electron chi connectivity index (χ2n) is 8.14. The Morgan fingerprint density at radius 1 is 1.10 bits per heavy atom. The number of guanidine groups is 1. The van der Waals surface area contributed by atoms with Gasteiger partial charge in [-0.15, -0.1) is 0 Å². The molecule has 0 radical (unpaired) electrons. The highest BCUT2D eigenvalue weighted by Crippen LogP contribution is 2.40. The van der Waals surface area contributed by atoms with Gasteiger partial charge < -0.3 is 24.4 Å². The topological polar surface area (TPSA) is 55.3 Å². The Labute approximate surface area is 178 Å². The number of ether oxygens (including phenoxy) is 3. The van der Waals surface area contributed by atoms with Gasteiger partial charge in [0.1, 0.15) is 0 Å². The highest BCUT2D eigenvalue weighted by molar-refractivity contribution is 5.79. The summed E-state index contributed by atoms with van der Waals surface area (Å²) >= 11 is 0. The van der Waals surface area contributed by atoms with Crippen molar-refractivity contribution in [2.75, 3.05) is 40.6 Å². The lowest BCUT2D eigenvalue weighted by Gasteiger charge is -2.39. The van der Waals surface area contributed by atoms with E-state index in [1.165, 1.54) is 16.7 Å². The monoisotopic (exact) mass is 409 g/mol. The minimum Gasteiger partial charge on any atom is -0.454 e. The lowest BCUT2D eigenvalue weighted by atomic mass is 9.74. The zero-order valence-electron chi connectivity index (χ0n) is 18.1. The first-order valence-corrected chi connectivity index (χ1v) is 10.6. The number of nitrogens with one attached hydrogen (secondary N) is 1. The van der Waals surface area contributed by atoms with Gasteiger partial charge in [0, 0.05) is 45.8 Å². The van der Waals surface area contributed by atoms with Gasteiger partial charge in [-0.25, -0.2) is 0 Å². The fraction of sp³-hybridized carbons (Fsp3) is 0.458. The molecule has 2 aliphatic rings. The second kappa shape index (κ2) is 8.96. The van der Waals surface area contributed by atoms with Gasteiger partial charge in [0.2, 0.25) is 6.79 Å². The zero-order valence-corrected chi connectivity index (χ0v) is 18.1. The van der Waals surface area contributed by atoms with Crippen molar-refractivity contribution in [3.63, 3.8) is 0 Å². The maximum atomic E-state index is 5.69. The van der Waals surface area contributed by atoms with Crippen LogP contribution in [-0.2, 0) is 16.7 Å². The van der Waals surface area contributed by atoms with Gasteiger partial charge in [-0.2, -0.15) is 0 Å². The third kappa shape index (κ3) is 4.24. The van der Waals surface area contributed by atoms with Crippen molar-refractivity contribution in [2.45, 2.75) is 31.7 Å². The number of aryl methyl sites for hydroxylation is 1. The number of benzene rings is 2. The fourth-order valence-electron chi connectivity index (χ4n) is 4.31. The van der Waals surface area contributed by atoms with Gasteiger partial charge in [-0.05, 0) is 48.6 Å². The molecular weight excluding hydrogens is 378 g/mol. The van der Waals surface area contributed by atoms with E-state index in [9.17, 15) is 0 Å². The Bertz CT molecular complexity index is 906. The van der Waals surface area contributed by atoms with Crippen LogP contribution in [0, 0.1) is 6.92 Å². The number of aliphatic imine (C=N–C) groups is 1. The molecule has 0 saturated carbocycles. The van der Waals surface area contributed by atoms with Gasteiger partial charge in [0.25, 0.3) is 0 Å². The molecule has 0 bridgehead atoms. The van der Waals surface area contributed by atoms with Crippen LogP contribution in [0.5, 0.6) is 11.5 Å². The van der Waals surface area contributed by atoms with Crippen LogP contribution in [0.25, 0.3) is 0 Å². The molecule has 160 valence electrons. The molecule has 6 heteroatoms. The maximum absolute atomic E-state index is 5.69. The van der Waals surface area contributed by atoms with E-state index in [4.69, 9.17) is 14.2 Å². The average molecular weight is 410 g/mol. The molecule has 2 aromatic carbocycles.